The van der Waals surface area contributed by atoms with Crippen molar-refractivity contribution in [3.63, 3.8) is 0 Å². The Morgan fingerprint density at radius 1 is 1.18 bits per heavy atom. The van der Waals surface area contributed by atoms with E-state index in [2.05, 4.69) is 34.5 Å². The van der Waals surface area contributed by atoms with E-state index in [4.69, 9.17) is 21.0 Å². The number of fused-ring (bicyclic) bond motifs is 1. The predicted octanol–water partition coefficient (Wildman–Crippen LogP) is 5.71. The lowest BCUT2D eigenvalue weighted by atomic mass is 9.87. The van der Waals surface area contributed by atoms with Gasteiger partial charge in [0.25, 0.3) is 0 Å². The Morgan fingerprint density at radius 3 is 2.94 bits per heavy atom. The van der Waals surface area contributed by atoms with Crippen LogP contribution in [0.2, 0.25) is 5.02 Å². The van der Waals surface area contributed by atoms with Crippen molar-refractivity contribution in [2.45, 2.75) is 51.6 Å². The van der Waals surface area contributed by atoms with Gasteiger partial charge in [0.15, 0.2) is 0 Å². The molecule has 2 aromatic carbocycles. The SMILES string of the molecule is Cc1oc(-c2cccc(Cl)c2)nc1CN1CCC[C@H](C(=O)N[C@H]2CCCc3ccccc32)C1. The number of aryl methyl sites for hydroxylation is 2. The summed E-state index contributed by atoms with van der Waals surface area (Å²) in [6.45, 7) is 4.35. The molecular formula is C27H30ClN3O2. The topological polar surface area (TPSA) is 58.4 Å². The van der Waals surface area contributed by atoms with E-state index >= 15 is 0 Å². The highest BCUT2D eigenvalue weighted by Crippen LogP contribution is 2.31. The number of piperidine rings is 1. The fourth-order valence-electron chi connectivity index (χ4n) is 5.14. The molecule has 1 fully saturated rings. The van der Waals surface area contributed by atoms with Gasteiger partial charge in [-0.05, 0) is 74.9 Å². The molecule has 2 aliphatic rings. The zero-order chi connectivity index (χ0) is 22.8. The van der Waals surface area contributed by atoms with Crippen LogP contribution >= 0.6 is 11.6 Å². The Morgan fingerprint density at radius 2 is 2.06 bits per heavy atom. The zero-order valence-electron chi connectivity index (χ0n) is 19.0. The third-order valence-electron chi connectivity index (χ3n) is 6.90. The predicted molar refractivity (Wildman–Crippen MR) is 130 cm³/mol. The van der Waals surface area contributed by atoms with Gasteiger partial charge in [-0.1, -0.05) is 41.9 Å². The lowest BCUT2D eigenvalue weighted by molar-refractivity contribution is -0.127. The van der Waals surface area contributed by atoms with E-state index in [1.807, 2.05) is 31.2 Å². The zero-order valence-corrected chi connectivity index (χ0v) is 19.8. The quantitative estimate of drug-likeness (QED) is 0.526. The standard InChI is InChI=1S/C27H30ClN3O2/c1-18-25(30-27(33-18)20-9-4-11-22(28)15-20)17-31-14-6-10-21(16-31)26(32)29-24-13-5-8-19-7-2-3-12-23(19)24/h2-4,7,9,11-12,15,21,24H,5-6,8,10,13-14,16-17H2,1H3,(H,29,32)/t21-,24-/m0/s1. The van der Waals surface area contributed by atoms with Crippen molar-refractivity contribution in [1.82, 2.24) is 15.2 Å². The number of hydrogen-bond donors (Lipinski definition) is 1. The van der Waals surface area contributed by atoms with E-state index in [0.29, 0.717) is 17.5 Å². The van der Waals surface area contributed by atoms with Crippen molar-refractivity contribution in [1.29, 1.82) is 0 Å². The molecule has 0 bridgehead atoms. The molecule has 2 heterocycles. The Hall–Kier alpha value is -2.63. The minimum absolute atomic E-state index is 0.00689. The second-order valence-electron chi connectivity index (χ2n) is 9.26. The number of carbonyl (C=O) groups excluding carboxylic acids is 1. The second-order valence-corrected chi connectivity index (χ2v) is 9.70. The van der Waals surface area contributed by atoms with E-state index < -0.39 is 0 Å². The normalized spacial score (nSPS) is 20.9. The summed E-state index contributed by atoms with van der Waals surface area (Å²) in [4.78, 5) is 20.2. The average molecular weight is 464 g/mol. The van der Waals surface area contributed by atoms with E-state index in [-0.39, 0.29) is 17.9 Å². The first-order valence-corrected chi connectivity index (χ1v) is 12.3. The average Bonchev–Trinajstić information content (AvgIpc) is 3.19. The van der Waals surface area contributed by atoms with Gasteiger partial charge >= 0.3 is 0 Å². The highest BCUT2D eigenvalue weighted by molar-refractivity contribution is 6.30. The maximum Gasteiger partial charge on any atom is 0.226 e. The van der Waals surface area contributed by atoms with Crippen LogP contribution in [0.1, 0.15) is 54.3 Å². The summed E-state index contributed by atoms with van der Waals surface area (Å²) in [5.74, 6) is 1.59. The minimum Gasteiger partial charge on any atom is -0.441 e. The molecule has 1 saturated heterocycles. The van der Waals surface area contributed by atoms with Crippen LogP contribution in [-0.2, 0) is 17.8 Å². The van der Waals surface area contributed by atoms with Crippen molar-refractivity contribution >= 4 is 17.5 Å². The Kier molecular flexibility index (Phi) is 6.52. The fraction of sp³-hybridized carbons (Fsp3) is 0.407. The van der Waals surface area contributed by atoms with Gasteiger partial charge < -0.3 is 9.73 Å². The highest BCUT2D eigenvalue weighted by atomic mass is 35.5. The highest BCUT2D eigenvalue weighted by Gasteiger charge is 2.29. The summed E-state index contributed by atoms with van der Waals surface area (Å²) < 4.78 is 5.93. The molecule has 6 heteroatoms. The van der Waals surface area contributed by atoms with Gasteiger partial charge in [0.2, 0.25) is 11.8 Å². The van der Waals surface area contributed by atoms with Crippen LogP contribution < -0.4 is 5.32 Å². The van der Waals surface area contributed by atoms with E-state index in [0.717, 1.165) is 62.2 Å². The fourth-order valence-corrected chi connectivity index (χ4v) is 5.33. The molecule has 5 rings (SSSR count). The number of rotatable bonds is 5. The van der Waals surface area contributed by atoms with E-state index in [1.165, 1.54) is 11.1 Å². The van der Waals surface area contributed by atoms with E-state index in [1.54, 1.807) is 0 Å². The number of carbonyl (C=O) groups is 1. The molecule has 0 saturated carbocycles. The number of amides is 1. The number of likely N-dealkylation sites (tertiary alicyclic amines) is 1. The van der Waals surface area contributed by atoms with Crippen LogP contribution in [0.5, 0.6) is 0 Å². The smallest absolute Gasteiger partial charge is 0.226 e. The lowest BCUT2D eigenvalue weighted by Crippen LogP contribution is -2.44. The van der Waals surface area contributed by atoms with Gasteiger partial charge in [0, 0.05) is 23.7 Å². The monoisotopic (exact) mass is 463 g/mol. The Labute approximate surface area is 200 Å². The maximum absolute atomic E-state index is 13.2. The van der Waals surface area contributed by atoms with Gasteiger partial charge in [0.1, 0.15) is 5.76 Å². The van der Waals surface area contributed by atoms with Crippen LogP contribution in [0.3, 0.4) is 0 Å². The number of hydrogen-bond acceptors (Lipinski definition) is 4. The summed E-state index contributed by atoms with van der Waals surface area (Å²) in [7, 11) is 0. The molecule has 1 amide bonds. The van der Waals surface area contributed by atoms with Gasteiger partial charge in [-0.3, -0.25) is 9.69 Å². The van der Waals surface area contributed by atoms with Crippen LogP contribution in [0.4, 0.5) is 0 Å². The van der Waals surface area contributed by atoms with Crippen molar-refractivity contribution in [3.05, 3.63) is 76.1 Å². The van der Waals surface area contributed by atoms with Crippen molar-refractivity contribution < 1.29 is 9.21 Å². The van der Waals surface area contributed by atoms with Crippen LogP contribution in [0.15, 0.2) is 52.9 Å². The molecule has 33 heavy (non-hydrogen) atoms. The molecule has 0 unspecified atom stereocenters. The molecule has 3 aromatic rings. The Bertz CT molecular complexity index is 1140. The summed E-state index contributed by atoms with van der Waals surface area (Å²) in [5.41, 5.74) is 4.46. The molecule has 1 aliphatic carbocycles. The molecule has 1 N–H and O–H groups in total. The lowest BCUT2D eigenvalue weighted by Gasteiger charge is -2.33. The van der Waals surface area contributed by atoms with Crippen LogP contribution in [0, 0.1) is 12.8 Å². The maximum atomic E-state index is 13.2. The minimum atomic E-state index is 0.00689. The van der Waals surface area contributed by atoms with Gasteiger partial charge in [-0.25, -0.2) is 4.98 Å². The molecular weight excluding hydrogens is 434 g/mol. The largest absolute Gasteiger partial charge is 0.441 e. The van der Waals surface area contributed by atoms with Crippen molar-refractivity contribution in [3.8, 4) is 11.5 Å². The first-order valence-electron chi connectivity index (χ1n) is 11.9. The molecule has 5 nitrogen and oxygen atoms in total. The van der Waals surface area contributed by atoms with Crippen LogP contribution in [-0.4, -0.2) is 28.9 Å². The summed E-state index contributed by atoms with van der Waals surface area (Å²) in [6, 6.07) is 16.2. The molecule has 0 spiro atoms. The molecule has 2 atom stereocenters. The summed E-state index contributed by atoms with van der Waals surface area (Å²) in [5, 5.41) is 4.02. The number of benzene rings is 2. The number of aromatic nitrogens is 1. The van der Waals surface area contributed by atoms with Crippen LogP contribution in [0.25, 0.3) is 11.5 Å². The number of nitrogens with one attached hydrogen (secondary N) is 1. The third kappa shape index (κ3) is 4.99. The molecule has 172 valence electrons. The van der Waals surface area contributed by atoms with Gasteiger partial charge in [-0.15, -0.1) is 0 Å². The number of halogens is 1. The van der Waals surface area contributed by atoms with Gasteiger partial charge in [-0.2, -0.15) is 0 Å². The third-order valence-corrected chi connectivity index (χ3v) is 7.13. The van der Waals surface area contributed by atoms with Crippen molar-refractivity contribution in [2.24, 2.45) is 5.92 Å². The summed E-state index contributed by atoms with van der Waals surface area (Å²) in [6.07, 6.45) is 5.19. The Balaban J connectivity index is 1.23. The first-order chi connectivity index (χ1) is 16.1. The number of oxazole rings is 1. The van der Waals surface area contributed by atoms with Crippen molar-refractivity contribution in [2.75, 3.05) is 13.1 Å². The molecule has 0 radical (unpaired) electrons. The van der Waals surface area contributed by atoms with Gasteiger partial charge in [0.05, 0.1) is 17.7 Å². The molecule has 1 aromatic heterocycles. The number of nitrogens with zero attached hydrogens (tertiary/aromatic N) is 2. The second kappa shape index (κ2) is 9.70. The molecule has 1 aliphatic heterocycles. The first kappa shape index (κ1) is 22.2. The summed E-state index contributed by atoms with van der Waals surface area (Å²) >= 11 is 6.12. The van der Waals surface area contributed by atoms with E-state index in [9.17, 15) is 4.79 Å².